The normalized spacial score (nSPS) is 23.1. The van der Waals surface area contributed by atoms with Crippen LogP contribution in [0.5, 0.6) is 0 Å². The van der Waals surface area contributed by atoms with E-state index in [2.05, 4.69) is 10.6 Å². The minimum Gasteiger partial charge on any atom is -0.325 e. The Balaban J connectivity index is 2.15. The van der Waals surface area contributed by atoms with E-state index in [1.807, 2.05) is 13.8 Å². The van der Waals surface area contributed by atoms with Crippen molar-refractivity contribution in [3.8, 4) is 0 Å². The summed E-state index contributed by atoms with van der Waals surface area (Å²) < 4.78 is 13.3. The van der Waals surface area contributed by atoms with Gasteiger partial charge in [0.25, 0.3) is 0 Å². The lowest BCUT2D eigenvalue weighted by Crippen LogP contribution is -2.37. The molecule has 1 atom stereocenters. The zero-order valence-electron chi connectivity index (χ0n) is 10.8. The molecule has 2 rings (SSSR count). The molecule has 98 valence electrons. The molecule has 1 aromatic carbocycles. The smallest absolute Gasteiger partial charge is 0.231 e. The van der Waals surface area contributed by atoms with Crippen molar-refractivity contribution < 1.29 is 9.18 Å². The third-order valence-corrected chi connectivity index (χ3v) is 3.70. The fourth-order valence-electron chi connectivity index (χ4n) is 2.47. The first-order valence-electron chi connectivity index (χ1n) is 6.35. The second kappa shape index (κ2) is 5.06. The summed E-state index contributed by atoms with van der Waals surface area (Å²) >= 11 is 0. The summed E-state index contributed by atoms with van der Waals surface area (Å²) in [4.78, 5) is 12.3. The maximum Gasteiger partial charge on any atom is 0.231 e. The lowest BCUT2D eigenvalue weighted by Gasteiger charge is -2.25. The fraction of sp³-hybridized carbons (Fsp3) is 0.500. The van der Waals surface area contributed by atoms with Crippen molar-refractivity contribution >= 4 is 11.6 Å². The Labute approximate surface area is 107 Å². The van der Waals surface area contributed by atoms with Gasteiger partial charge in [-0.2, -0.15) is 0 Å². The summed E-state index contributed by atoms with van der Waals surface area (Å²) in [5, 5.41) is 6.06. The highest BCUT2D eigenvalue weighted by Crippen LogP contribution is 2.31. The third-order valence-electron chi connectivity index (χ3n) is 3.70. The first-order valence-corrected chi connectivity index (χ1v) is 6.35. The molecule has 0 spiro atoms. The van der Waals surface area contributed by atoms with Crippen LogP contribution in [0.25, 0.3) is 0 Å². The second-order valence-electron chi connectivity index (χ2n) is 5.03. The van der Waals surface area contributed by atoms with Crippen LogP contribution in [0.15, 0.2) is 18.2 Å². The number of amides is 1. The Hall–Kier alpha value is -1.42. The van der Waals surface area contributed by atoms with Crippen LogP contribution in [-0.4, -0.2) is 19.0 Å². The number of benzene rings is 1. The quantitative estimate of drug-likeness (QED) is 0.865. The van der Waals surface area contributed by atoms with E-state index in [-0.39, 0.29) is 17.1 Å². The highest BCUT2D eigenvalue weighted by atomic mass is 19.1. The van der Waals surface area contributed by atoms with Gasteiger partial charge in [-0.05, 0) is 50.1 Å². The zero-order valence-corrected chi connectivity index (χ0v) is 10.8. The topological polar surface area (TPSA) is 41.1 Å². The van der Waals surface area contributed by atoms with Gasteiger partial charge >= 0.3 is 0 Å². The predicted molar refractivity (Wildman–Crippen MR) is 70.0 cm³/mol. The molecule has 1 aliphatic heterocycles. The van der Waals surface area contributed by atoms with Crippen molar-refractivity contribution in [2.45, 2.75) is 26.7 Å². The van der Waals surface area contributed by atoms with Crippen molar-refractivity contribution in [1.29, 1.82) is 0 Å². The van der Waals surface area contributed by atoms with Gasteiger partial charge in [0.15, 0.2) is 0 Å². The van der Waals surface area contributed by atoms with E-state index >= 15 is 0 Å². The van der Waals surface area contributed by atoms with Gasteiger partial charge in [-0.1, -0.05) is 6.92 Å². The molecule has 1 saturated heterocycles. The number of nitrogens with one attached hydrogen (secondary N) is 2. The van der Waals surface area contributed by atoms with Crippen LogP contribution in [0.1, 0.15) is 25.3 Å². The Morgan fingerprint density at radius 3 is 2.83 bits per heavy atom. The first-order chi connectivity index (χ1) is 8.55. The van der Waals surface area contributed by atoms with E-state index < -0.39 is 0 Å². The Morgan fingerprint density at radius 1 is 1.50 bits per heavy atom. The van der Waals surface area contributed by atoms with E-state index in [4.69, 9.17) is 0 Å². The Morgan fingerprint density at radius 2 is 2.28 bits per heavy atom. The van der Waals surface area contributed by atoms with Crippen LogP contribution in [0, 0.1) is 18.2 Å². The first kappa shape index (κ1) is 13.0. The molecule has 1 aliphatic rings. The summed E-state index contributed by atoms with van der Waals surface area (Å²) in [6, 6.07) is 4.59. The minimum absolute atomic E-state index is 0.0139. The Bertz CT molecular complexity index is 433. The van der Waals surface area contributed by atoms with Gasteiger partial charge in [0, 0.05) is 12.2 Å². The maximum atomic E-state index is 13.3. The van der Waals surface area contributed by atoms with E-state index in [9.17, 15) is 9.18 Å². The van der Waals surface area contributed by atoms with Crippen LogP contribution in [0.3, 0.4) is 0 Å². The number of anilines is 1. The molecule has 2 N–H and O–H groups in total. The number of halogens is 1. The van der Waals surface area contributed by atoms with Gasteiger partial charge in [-0.25, -0.2) is 4.39 Å². The van der Waals surface area contributed by atoms with Crippen LogP contribution in [-0.2, 0) is 4.79 Å². The average molecular weight is 250 g/mol. The summed E-state index contributed by atoms with van der Waals surface area (Å²) in [5.74, 6) is -0.333. The summed E-state index contributed by atoms with van der Waals surface area (Å²) in [6.45, 7) is 5.39. The second-order valence-corrected chi connectivity index (χ2v) is 5.03. The predicted octanol–water partition coefficient (Wildman–Crippen LogP) is 2.46. The van der Waals surface area contributed by atoms with Crippen LogP contribution in [0.4, 0.5) is 10.1 Å². The molecule has 0 bridgehead atoms. The average Bonchev–Trinajstić information content (AvgIpc) is 2.77. The van der Waals surface area contributed by atoms with Gasteiger partial charge in [-0.15, -0.1) is 0 Å². The number of aryl methyl sites for hydroxylation is 1. The Kier molecular flexibility index (Phi) is 3.66. The van der Waals surface area contributed by atoms with E-state index in [1.54, 1.807) is 6.07 Å². The van der Waals surface area contributed by atoms with Crippen molar-refractivity contribution in [2.75, 3.05) is 18.4 Å². The van der Waals surface area contributed by atoms with E-state index in [0.717, 1.165) is 24.9 Å². The molecule has 0 aliphatic carbocycles. The lowest BCUT2D eigenvalue weighted by molar-refractivity contribution is -0.124. The largest absolute Gasteiger partial charge is 0.325 e. The zero-order chi connectivity index (χ0) is 13.2. The molecular formula is C14H19FN2O. The van der Waals surface area contributed by atoms with Crippen molar-refractivity contribution in [3.63, 3.8) is 0 Å². The van der Waals surface area contributed by atoms with E-state index in [0.29, 0.717) is 12.2 Å². The number of rotatable bonds is 3. The van der Waals surface area contributed by atoms with Crippen molar-refractivity contribution in [1.82, 2.24) is 5.32 Å². The number of carbonyl (C=O) groups excluding carboxylic acids is 1. The summed E-state index contributed by atoms with van der Waals surface area (Å²) in [7, 11) is 0. The van der Waals surface area contributed by atoms with Gasteiger partial charge in [0.2, 0.25) is 5.91 Å². The molecule has 0 aromatic heterocycles. The molecular weight excluding hydrogens is 231 g/mol. The van der Waals surface area contributed by atoms with Crippen molar-refractivity contribution in [2.24, 2.45) is 5.41 Å². The summed E-state index contributed by atoms with van der Waals surface area (Å²) in [6.07, 6.45) is 1.63. The number of carbonyl (C=O) groups is 1. The maximum absolute atomic E-state index is 13.3. The van der Waals surface area contributed by atoms with Gasteiger partial charge in [0.1, 0.15) is 5.82 Å². The highest BCUT2D eigenvalue weighted by Gasteiger charge is 2.39. The molecule has 1 heterocycles. The summed E-state index contributed by atoms with van der Waals surface area (Å²) in [5.41, 5.74) is 0.998. The fourth-order valence-corrected chi connectivity index (χ4v) is 2.47. The van der Waals surface area contributed by atoms with Crippen LogP contribution < -0.4 is 10.6 Å². The molecule has 1 amide bonds. The molecule has 1 fully saturated rings. The van der Waals surface area contributed by atoms with Gasteiger partial charge in [0.05, 0.1) is 5.41 Å². The minimum atomic E-state index is -0.347. The molecule has 0 saturated carbocycles. The molecule has 18 heavy (non-hydrogen) atoms. The molecule has 1 unspecified atom stereocenters. The molecule has 0 radical (unpaired) electrons. The SMILES string of the molecule is CCC1(C(=O)Nc2cc(C)cc(F)c2)CCNC1. The standard InChI is InChI=1S/C14H19FN2O/c1-3-14(4-5-16-9-14)13(18)17-12-7-10(2)6-11(15)8-12/h6-8,16H,3-5,9H2,1-2H3,(H,17,18). The number of hydrogen-bond donors (Lipinski definition) is 2. The van der Waals surface area contributed by atoms with Crippen molar-refractivity contribution in [3.05, 3.63) is 29.6 Å². The van der Waals surface area contributed by atoms with Gasteiger partial charge in [-0.3, -0.25) is 4.79 Å². The third kappa shape index (κ3) is 2.53. The van der Waals surface area contributed by atoms with Gasteiger partial charge < -0.3 is 10.6 Å². The number of hydrogen-bond acceptors (Lipinski definition) is 2. The van der Waals surface area contributed by atoms with Crippen LogP contribution >= 0.6 is 0 Å². The monoisotopic (exact) mass is 250 g/mol. The lowest BCUT2D eigenvalue weighted by atomic mass is 9.83. The van der Waals surface area contributed by atoms with E-state index in [1.165, 1.54) is 12.1 Å². The molecule has 3 nitrogen and oxygen atoms in total. The molecule has 1 aromatic rings. The molecule has 4 heteroatoms. The highest BCUT2D eigenvalue weighted by molar-refractivity contribution is 5.95. The van der Waals surface area contributed by atoms with Crippen LogP contribution in [0.2, 0.25) is 0 Å².